The molecule has 0 spiro atoms. The van der Waals surface area contributed by atoms with E-state index in [2.05, 4.69) is 10.1 Å². The van der Waals surface area contributed by atoms with Crippen LogP contribution in [0.5, 0.6) is 11.6 Å². The number of carboxylic acids is 1. The van der Waals surface area contributed by atoms with Crippen LogP contribution in [-0.4, -0.2) is 32.4 Å². The lowest BCUT2D eigenvalue weighted by molar-refractivity contribution is 0.0696. The Labute approximate surface area is 161 Å². The normalized spacial score (nSPS) is 10.6. The molecule has 0 aliphatic carbocycles. The van der Waals surface area contributed by atoms with Gasteiger partial charge in [0.2, 0.25) is 5.88 Å². The van der Waals surface area contributed by atoms with Gasteiger partial charge < -0.3 is 14.6 Å². The number of rotatable bonds is 8. The Morgan fingerprint density at radius 2 is 2.04 bits per heavy atom. The maximum atomic E-state index is 11.2. The summed E-state index contributed by atoms with van der Waals surface area (Å²) in [5.41, 5.74) is 0.960. The molecule has 27 heavy (non-hydrogen) atoms. The van der Waals surface area contributed by atoms with Crippen molar-refractivity contribution in [3.63, 3.8) is 0 Å². The number of aromatic nitrogens is 3. The summed E-state index contributed by atoms with van der Waals surface area (Å²) in [5.74, 6) is 0.420. The van der Waals surface area contributed by atoms with Crippen molar-refractivity contribution in [3.8, 4) is 17.4 Å². The fraction of sp³-hybridized carbons (Fsp3) is 0.211. The smallest absolute Gasteiger partial charge is 0.335 e. The van der Waals surface area contributed by atoms with Crippen molar-refractivity contribution < 1.29 is 19.4 Å². The van der Waals surface area contributed by atoms with E-state index in [-0.39, 0.29) is 12.2 Å². The molecule has 0 saturated carbocycles. The zero-order chi connectivity index (χ0) is 19.2. The number of nitrogens with zero attached hydrogens (tertiary/aromatic N) is 3. The van der Waals surface area contributed by atoms with Gasteiger partial charge in [-0.05, 0) is 30.7 Å². The second-order valence-corrected chi connectivity index (χ2v) is 6.11. The molecule has 7 nitrogen and oxygen atoms in total. The van der Waals surface area contributed by atoms with Gasteiger partial charge in [-0.1, -0.05) is 24.6 Å². The van der Waals surface area contributed by atoms with Gasteiger partial charge in [0, 0.05) is 22.8 Å². The molecule has 8 heteroatoms. The minimum Gasteiger partial charge on any atom is -0.493 e. The van der Waals surface area contributed by atoms with E-state index in [0.717, 1.165) is 12.0 Å². The van der Waals surface area contributed by atoms with Crippen LogP contribution >= 0.6 is 11.6 Å². The third kappa shape index (κ3) is 4.57. The van der Waals surface area contributed by atoms with Gasteiger partial charge in [0.1, 0.15) is 12.4 Å². The van der Waals surface area contributed by atoms with Gasteiger partial charge in [-0.3, -0.25) is 0 Å². The Kier molecular flexibility index (Phi) is 5.93. The number of hydrogen-bond donors (Lipinski definition) is 1. The summed E-state index contributed by atoms with van der Waals surface area (Å²) in [4.78, 5) is 15.3. The summed E-state index contributed by atoms with van der Waals surface area (Å²) in [6.07, 6.45) is 3.85. The molecule has 0 aliphatic rings. The van der Waals surface area contributed by atoms with Gasteiger partial charge in [-0.2, -0.15) is 9.78 Å². The van der Waals surface area contributed by atoms with Crippen LogP contribution in [0.2, 0.25) is 5.02 Å². The number of aromatic carboxylic acids is 1. The second kappa shape index (κ2) is 8.55. The summed E-state index contributed by atoms with van der Waals surface area (Å²) in [6.45, 7) is 2.84. The van der Waals surface area contributed by atoms with Gasteiger partial charge in [0.05, 0.1) is 18.4 Å². The van der Waals surface area contributed by atoms with Crippen molar-refractivity contribution in [3.05, 3.63) is 64.9 Å². The first-order valence-corrected chi connectivity index (χ1v) is 8.74. The third-order valence-electron chi connectivity index (χ3n) is 3.68. The lowest BCUT2D eigenvalue weighted by Crippen LogP contribution is -2.07. The summed E-state index contributed by atoms with van der Waals surface area (Å²) in [5, 5.41) is 13.9. The van der Waals surface area contributed by atoms with Crippen molar-refractivity contribution in [2.24, 2.45) is 0 Å². The molecular formula is C19H18ClN3O4. The highest BCUT2D eigenvalue weighted by Gasteiger charge is 2.12. The molecule has 0 bridgehead atoms. The van der Waals surface area contributed by atoms with Crippen LogP contribution in [0.1, 0.15) is 29.3 Å². The Balaban J connectivity index is 1.80. The summed E-state index contributed by atoms with van der Waals surface area (Å²) < 4.78 is 13.0. The minimum absolute atomic E-state index is 0.120. The molecule has 3 rings (SSSR count). The van der Waals surface area contributed by atoms with Crippen molar-refractivity contribution in [2.75, 3.05) is 6.61 Å². The molecule has 0 atom stereocenters. The monoisotopic (exact) mass is 387 g/mol. The van der Waals surface area contributed by atoms with Crippen LogP contribution < -0.4 is 9.47 Å². The quantitative estimate of drug-likeness (QED) is 0.629. The predicted octanol–water partition coefficient (Wildman–Crippen LogP) is 3.99. The van der Waals surface area contributed by atoms with E-state index in [1.54, 1.807) is 24.4 Å². The summed E-state index contributed by atoms with van der Waals surface area (Å²) in [7, 11) is 0. The zero-order valence-electron chi connectivity index (χ0n) is 14.6. The molecule has 2 heterocycles. The Morgan fingerprint density at radius 1 is 1.19 bits per heavy atom. The van der Waals surface area contributed by atoms with Gasteiger partial charge in [0.15, 0.2) is 5.82 Å². The fourth-order valence-corrected chi connectivity index (χ4v) is 2.55. The highest BCUT2D eigenvalue weighted by atomic mass is 35.5. The molecule has 0 aliphatic heterocycles. The molecule has 0 fully saturated rings. The lowest BCUT2D eigenvalue weighted by Gasteiger charge is -2.13. The molecule has 0 unspecified atom stereocenters. The Bertz CT molecular complexity index is 942. The number of halogens is 1. The molecule has 2 aromatic heterocycles. The summed E-state index contributed by atoms with van der Waals surface area (Å²) >= 11 is 6.05. The first kappa shape index (κ1) is 18.7. The van der Waals surface area contributed by atoms with E-state index >= 15 is 0 Å². The van der Waals surface area contributed by atoms with Crippen LogP contribution in [0.3, 0.4) is 0 Å². The van der Waals surface area contributed by atoms with E-state index in [1.807, 2.05) is 13.0 Å². The average molecular weight is 388 g/mol. The molecule has 0 radical (unpaired) electrons. The SMILES string of the molecule is CCCOc1cc(Cl)ccc1COc1ccnn1-c1cc(C(=O)O)ccn1. The average Bonchev–Trinajstić information content (AvgIpc) is 3.14. The maximum absolute atomic E-state index is 11.2. The Hall–Kier alpha value is -3.06. The predicted molar refractivity (Wildman–Crippen MR) is 99.9 cm³/mol. The summed E-state index contributed by atoms with van der Waals surface area (Å²) in [6, 6.07) is 9.90. The number of hydrogen-bond acceptors (Lipinski definition) is 5. The number of carbonyl (C=O) groups is 1. The molecule has 1 aromatic carbocycles. The third-order valence-corrected chi connectivity index (χ3v) is 3.92. The van der Waals surface area contributed by atoms with E-state index in [4.69, 9.17) is 26.2 Å². The number of ether oxygens (including phenoxy) is 2. The fourth-order valence-electron chi connectivity index (χ4n) is 2.39. The molecule has 140 valence electrons. The van der Waals surface area contributed by atoms with E-state index in [0.29, 0.717) is 29.1 Å². The first-order chi connectivity index (χ1) is 13.1. The topological polar surface area (TPSA) is 86.5 Å². The van der Waals surface area contributed by atoms with Crippen LogP contribution in [0.25, 0.3) is 5.82 Å². The highest BCUT2D eigenvalue weighted by Crippen LogP contribution is 2.26. The van der Waals surface area contributed by atoms with Crippen LogP contribution in [-0.2, 0) is 6.61 Å². The molecule has 0 amide bonds. The Morgan fingerprint density at radius 3 is 2.81 bits per heavy atom. The molecule has 1 N–H and O–H groups in total. The number of pyridine rings is 1. The number of benzene rings is 1. The van der Waals surface area contributed by atoms with Gasteiger partial charge in [0.25, 0.3) is 0 Å². The van der Waals surface area contributed by atoms with E-state index in [1.165, 1.54) is 23.0 Å². The van der Waals surface area contributed by atoms with Gasteiger partial charge in [-0.25, -0.2) is 9.78 Å². The largest absolute Gasteiger partial charge is 0.493 e. The first-order valence-electron chi connectivity index (χ1n) is 8.36. The highest BCUT2D eigenvalue weighted by molar-refractivity contribution is 6.30. The second-order valence-electron chi connectivity index (χ2n) is 5.68. The van der Waals surface area contributed by atoms with Crippen LogP contribution in [0, 0.1) is 0 Å². The van der Waals surface area contributed by atoms with Gasteiger partial charge in [-0.15, -0.1) is 0 Å². The molecule has 0 saturated heterocycles. The van der Waals surface area contributed by atoms with E-state index < -0.39 is 5.97 Å². The molecule has 3 aromatic rings. The zero-order valence-corrected chi connectivity index (χ0v) is 15.4. The van der Waals surface area contributed by atoms with Crippen molar-refractivity contribution in [1.82, 2.24) is 14.8 Å². The molecular weight excluding hydrogens is 370 g/mol. The standard InChI is InChI=1S/C19H18ClN3O4/c1-2-9-26-16-11-15(20)4-3-14(16)12-27-18-6-8-22-23(18)17-10-13(19(24)25)5-7-21-17/h3-8,10-11H,2,9,12H2,1H3,(H,24,25). The van der Waals surface area contributed by atoms with Crippen molar-refractivity contribution in [1.29, 1.82) is 0 Å². The maximum Gasteiger partial charge on any atom is 0.335 e. The lowest BCUT2D eigenvalue weighted by atomic mass is 10.2. The minimum atomic E-state index is -1.04. The van der Waals surface area contributed by atoms with Crippen molar-refractivity contribution >= 4 is 17.6 Å². The van der Waals surface area contributed by atoms with Crippen molar-refractivity contribution in [2.45, 2.75) is 20.0 Å². The van der Waals surface area contributed by atoms with Crippen LogP contribution in [0.15, 0.2) is 48.8 Å². The number of carboxylic acid groups (broad SMARTS) is 1. The van der Waals surface area contributed by atoms with Gasteiger partial charge >= 0.3 is 5.97 Å². The van der Waals surface area contributed by atoms with Crippen LogP contribution in [0.4, 0.5) is 0 Å². The van der Waals surface area contributed by atoms with E-state index in [9.17, 15) is 4.79 Å².